The maximum Gasteiger partial charge on any atom is 0.303 e. The van der Waals surface area contributed by atoms with E-state index in [1.807, 2.05) is 36.4 Å². The third-order valence-electron chi connectivity index (χ3n) is 4.57. The van der Waals surface area contributed by atoms with Gasteiger partial charge in [-0.3, -0.25) is 4.79 Å². The summed E-state index contributed by atoms with van der Waals surface area (Å²) in [7, 11) is 0. The van der Waals surface area contributed by atoms with E-state index in [0.29, 0.717) is 11.4 Å². The molecule has 1 fully saturated rings. The molecule has 1 aliphatic rings. The number of carboxylic acid groups (broad SMARTS) is 1. The van der Waals surface area contributed by atoms with Crippen LogP contribution in [0.3, 0.4) is 0 Å². The van der Waals surface area contributed by atoms with Crippen molar-refractivity contribution in [1.82, 2.24) is 0 Å². The Morgan fingerprint density at radius 3 is 2.48 bits per heavy atom. The molecule has 1 saturated heterocycles. The van der Waals surface area contributed by atoms with Gasteiger partial charge in [-0.2, -0.15) is 0 Å². The lowest BCUT2D eigenvalue weighted by molar-refractivity contribution is -0.136. The number of nitrogens with one attached hydrogen (secondary N) is 1. The normalized spacial score (nSPS) is 19.7. The van der Waals surface area contributed by atoms with Crippen molar-refractivity contribution in [3.63, 3.8) is 0 Å². The van der Waals surface area contributed by atoms with Crippen molar-refractivity contribution in [2.75, 3.05) is 23.3 Å². The van der Waals surface area contributed by atoms with Gasteiger partial charge in [-0.15, -0.1) is 0 Å². The largest absolute Gasteiger partial charge is 0.481 e. The molecule has 2 aromatic rings. The summed E-state index contributed by atoms with van der Waals surface area (Å²) >= 11 is 5.99. The van der Waals surface area contributed by atoms with Crippen LogP contribution in [0.5, 0.6) is 0 Å². The number of aliphatic carboxylic acids is 1. The summed E-state index contributed by atoms with van der Waals surface area (Å²) in [5.41, 5.74) is 3.98. The Balaban J connectivity index is 1.90. The second kappa shape index (κ2) is 8.63. The third kappa shape index (κ3) is 5.37. The minimum absolute atomic E-state index is 0.116. The summed E-state index contributed by atoms with van der Waals surface area (Å²) in [6.45, 7) is 5.79. The molecule has 1 aliphatic heterocycles. The smallest absolute Gasteiger partial charge is 0.303 e. The lowest BCUT2D eigenvalue weighted by Gasteiger charge is -2.38. The third-order valence-corrected chi connectivity index (χ3v) is 4.82. The molecule has 3 rings (SSSR count). The van der Waals surface area contributed by atoms with E-state index in [4.69, 9.17) is 21.4 Å². The van der Waals surface area contributed by atoms with Crippen LogP contribution in [0.4, 0.5) is 17.1 Å². The summed E-state index contributed by atoms with van der Waals surface area (Å²) in [4.78, 5) is 13.2. The van der Waals surface area contributed by atoms with Gasteiger partial charge in [0.25, 0.3) is 0 Å². The van der Waals surface area contributed by atoms with Crippen molar-refractivity contribution < 1.29 is 14.6 Å². The highest BCUT2D eigenvalue weighted by atomic mass is 35.5. The van der Waals surface area contributed by atoms with Crippen LogP contribution < -0.4 is 10.2 Å². The minimum atomic E-state index is -0.790. The molecule has 144 valence electrons. The summed E-state index contributed by atoms with van der Waals surface area (Å²) in [5.74, 6) is -0.790. The Morgan fingerprint density at radius 1 is 1.19 bits per heavy atom. The Hall–Kier alpha value is -2.24. The van der Waals surface area contributed by atoms with Gasteiger partial charge in [0, 0.05) is 30.2 Å². The van der Waals surface area contributed by atoms with Gasteiger partial charge in [-0.25, -0.2) is 0 Å². The number of halogens is 1. The molecule has 6 heteroatoms. The van der Waals surface area contributed by atoms with Crippen LogP contribution >= 0.6 is 11.6 Å². The number of benzene rings is 2. The Labute approximate surface area is 164 Å². The van der Waals surface area contributed by atoms with Crippen molar-refractivity contribution in [3.8, 4) is 0 Å². The number of ether oxygens (including phenoxy) is 1. The van der Waals surface area contributed by atoms with Crippen molar-refractivity contribution >= 4 is 34.6 Å². The van der Waals surface area contributed by atoms with Crippen LogP contribution in [0.2, 0.25) is 5.02 Å². The van der Waals surface area contributed by atoms with Crippen molar-refractivity contribution in [2.45, 2.75) is 38.9 Å². The van der Waals surface area contributed by atoms with E-state index in [9.17, 15) is 4.79 Å². The molecule has 1 heterocycles. The molecule has 0 amide bonds. The topological polar surface area (TPSA) is 61.8 Å². The standard InChI is InChI=1S/C21H25ClN2O3/c1-14-12-24(13-15(2)27-14)20-9-3-16(4-10-21(25)26)11-19(20)23-18-7-5-17(22)6-8-18/h3,5-9,11,14-15,23H,4,10,12-13H2,1-2H3,(H,25,26). The Bertz CT molecular complexity index is 785. The predicted octanol–water partition coefficient (Wildman–Crippen LogP) is 4.71. The molecule has 0 aliphatic carbocycles. The Kier molecular flexibility index (Phi) is 6.24. The number of carbonyl (C=O) groups is 1. The summed E-state index contributed by atoms with van der Waals surface area (Å²) in [6, 6.07) is 13.7. The van der Waals surface area contributed by atoms with Gasteiger partial charge in [-0.1, -0.05) is 17.7 Å². The lowest BCUT2D eigenvalue weighted by Crippen LogP contribution is -2.45. The summed E-state index contributed by atoms with van der Waals surface area (Å²) < 4.78 is 5.86. The first kappa shape index (κ1) is 19.5. The number of anilines is 3. The maximum atomic E-state index is 10.9. The maximum absolute atomic E-state index is 10.9. The average Bonchev–Trinajstić information content (AvgIpc) is 2.61. The molecule has 5 nitrogen and oxygen atoms in total. The van der Waals surface area contributed by atoms with E-state index in [1.54, 1.807) is 0 Å². The van der Waals surface area contributed by atoms with Gasteiger partial charge in [0.05, 0.1) is 23.6 Å². The molecule has 0 spiro atoms. The summed E-state index contributed by atoms with van der Waals surface area (Å²) in [6.07, 6.45) is 0.930. The van der Waals surface area contributed by atoms with E-state index in [-0.39, 0.29) is 18.6 Å². The zero-order valence-corrected chi connectivity index (χ0v) is 16.4. The minimum Gasteiger partial charge on any atom is -0.481 e. The highest BCUT2D eigenvalue weighted by Gasteiger charge is 2.24. The highest BCUT2D eigenvalue weighted by Crippen LogP contribution is 2.32. The molecule has 0 saturated carbocycles. The number of rotatable bonds is 6. The number of carboxylic acids is 1. The number of aryl methyl sites for hydroxylation is 1. The zero-order valence-electron chi connectivity index (χ0n) is 15.6. The fourth-order valence-corrected chi connectivity index (χ4v) is 3.56. The number of morpholine rings is 1. The monoisotopic (exact) mass is 388 g/mol. The fourth-order valence-electron chi connectivity index (χ4n) is 3.43. The molecule has 0 aromatic heterocycles. The first-order valence-electron chi connectivity index (χ1n) is 9.18. The van der Waals surface area contributed by atoms with Crippen LogP contribution in [0.1, 0.15) is 25.8 Å². The molecular formula is C21H25ClN2O3. The van der Waals surface area contributed by atoms with Crippen LogP contribution in [0, 0.1) is 0 Å². The zero-order chi connectivity index (χ0) is 19.4. The summed E-state index contributed by atoms with van der Waals surface area (Å²) in [5, 5.41) is 13.1. The number of hydrogen-bond donors (Lipinski definition) is 2. The van der Waals surface area contributed by atoms with Gasteiger partial charge in [0.1, 0.15) is 0 Å². The molecule has 2 aromatic carbocycles. The first-order valence-corrected chi connectivity index (χ1v) is 9.56. The van der Waals surface area contributed by atoms with Gasteiger partial charge >= 0.3 is 5.97 Å². The molecule has 27 heavy (non-hydrogen) atoms. The van der Waals surface area contributed by atoms with E-state index >= 15 is 0 Å². The second-order valence-electron chi connectivity index (χ2n) is 7.04. The van der Waals surface area contributed by atoms with E-state index < -0.39 is 5.97 Å². The molecule has 2 N–H and O–H groups in total. The van der Waals surface area contributed by atoms with Crippen molar-refractivity contribution in [3.05, 3.63) is 53.1 Å². The molecule has 0 bridgehead atoms. The predicted molar refractivity (Wildman–Crippen MR) is 109 cm³/mol. The average molecular weight is 389 g/mol. The van der Waals surface area contributed by atoms with Crippen molar-refractivity contribution in [2.24, 2.45) is 0 Å². The van der Waals surface area contributed by atoms with Crippen molar-refractivity contribution in [1.29, 1.82) is 0 Å². The van der Waals surface area contributed by atoms with Gasteiger partial charge in [-0.05, 0) is 62.2 Å². The fraction of sp³-hybridized carbons (Fsp3) is 0.381. The van der Waals surface area contributed by atoms with E-state index in [0.717, 1.165) is 35.7 Å². The highest BCUT2D eigenvalue weighted by molar-refractivity contribution is 6.30. The first-order chi connectivity index (χ1) is 12.9. The van der Waals surface area contributed by atoms with Crippen LogP contribution in [-0.2, 0) is 16.0 Å². The molecule has 2 unspecified atom stereocenters. The van der Waals surface area contributed by atoms with Gasteiger partial charge in [0.2, 0.25) is 0 Å². The molecule has 0 radical (unpaired) electrons. The number of hydrogen-bond acceptors (Lipinski definition) is 4. The van der Waals surface area contributed by atoms with Gasteiger partial charge in [0.15, 0.2) is 0 Å². The number of nitrogens with zero attached hydrogens (tertiary/aromatic N) is 1. The SMILES string of the molecule is CC1CN(c2ccc(CCC(=O)O)cc2Nc2ccc(Cl)cc2)CC(C)O1. The van der Waals surface area contributed by atoms with Gasteiger partial charge < -0.3 is 20.1 Å². The van der Waals surface area contributed by atoms with Crippen LogP contribution in [0.15, 0.2) is 42.5 Å². The second-order valence-corrected chi connectivity index (χ2v) is 7.48. The quantitative estimate of drug-likeness (QED) is 0.750. The van der Waals surface area contributed by atoms with Crippen LogP contribution in [0.25, 0.3) is 0 Å². The Morgan fingerprint density at radius 2 is 1.85 bits per heavy atom. The molecular weight excluding hydrogens is 364 g/mol. The molecule has 2 atom stereocenters. The van der Waals surface area contributed by atoms with Crippen LogP contribution in [-0.4, -0.2) is 36.4 Å². The lowest BCUT2D eigenvalue weighted by atomic mass is 10.1. The van der Waals surface area contributed by atoms with E-state index in [1.165, 1.54) is 0 Å². The van der Waals surface area contributed by atoms with E-state index in [2.05, 4.69) is 30.1 Å².